The molecule has 1 atom stereocenters. The van der Waals surface area contributed by atoms with Gasteiger partial charge in [-0.1, -0.05) is 72.6 Å². The summed E-state index contributed by atoms with van der Waals surface area (Å²) >= 11 is 6.25. The van der Waals surface area contributed by atoms with Crippen molar-refractivity contribution in [2.45, 2.75) is 44.7 Å². The number of nitrogens with one attached hydrogen (secondary N) is 1. The summed E-state index contributed by atoms with van der Waals surface area (Å²) < 4.78 is 28.9. The third-order valence-corrected chi connectivity index (χ3v) is 8.16. The van der Waals surface area contributed by atoms with E-state index in [-0.39, 0.29) is 17.3 Å². The highest BCUT2D eigenvalue weighted by Crippen LogP contribution is 2.30. The molecule has 0 aliphatic heterocycles. The lowest BCUT2D eigenvalue weighted by molar-refractivity contribution is -0.140. The number of benzene rings is 3. The molecule has 0 spiro atoms. The third kappa shape index (κ3) is 6.70. The number of aryl methyl sites for hydroxylation is 2. The van der Waals surface area contributed by atoms with Crippen LogP contribution in [0.25, 0.3) is 0 Å². The van der Waals surface area contributed by atoms with Crippen LogP contribution in [0.2, 0.25) is 5.02 Å². The van der Waals surface area contributed by atoms with Crippen molar-refractivity contribution in [1.29, 1.82) is 0 Å². The van der Waals surface area contributed by atoms with E-state index in [1.807, 2.05) is 44.2 Å². The highest BCUT2D eigenvalue weighted by molar-refractivity contribution is 7.92. The van der Waals surface area contributed by atoms with Gasteiger partial charge in [-0.3, -0.25) is 13.9 Å². The van der Waals surface area contributed by atoms with Crippen LogP contribution < -0.4 is 9.62 Å². The zero-order chi connectivity index (χ0) is 27.2. The Bertz CT molecular complexity index is 1350. The van der Waals surface area contributed by atoms with Crippen LogP contribution in [0.4, 0.5) is 5.69 Å². The maximum Gasteiger partial charge on any atom is 0.264 e. The van der Waals surface area contributed by atoms with Crippen molar-refractivity contribution >= 4 is 39.1 Å². The van der Waals surface area contributed by atoms with Crippen LogP contribution in [0.1, 0.15) is 30.0 Å². The summed E-state index contributed by atoms with van der Waals surface area (Å²) in [7, 11) is -2.63. The van der Waals surface area contributed by atoms with Crippen molar-refractivity contribution in [3.8, 4) is 0 Å². The zero-order valence-corrected chi connectivity index (χ0v) is 23.0. The van der Waals surface area contributed by atoms with Crippen LogP contribution in [0.5, 0.6) is 0 Å². The molecular weight excluding hydrogens is 510 g/mol. The van der Waals surface area contributed by atoms with E-state index < -0.39 is 28.5 Å². The maximum atomic E-state index is 13.9. The Hall–Kier alpha value is -3.36. The molecule has 1 N–H and O–H groups in total. The second-order valence-corrected chi connectivity index (χ2v) is 11.1. The fraction of sp³-hybridized carbons (Fsp3) is 0.286. The summed E-state index contributed by atoms with van der Waals surface area (Å²) in [6.07, 6.45) is 0.360. The number of halogens is 1. The van der Waals surface area contributed by atoms with E-state index in [9.17, 15) is 18.0 Å². The Balaban J connectivity index is 2.10. The van der Waals surface area contributed by atoms with Crippen LogP contribution in [0, 0.1) is 13.8 Å². The molecule has 0 unspecified atom stereocenters. The Labute approximate surface area is 224 Å². The number of nitrogens with zero attached hydrogens (tertiary/aromatic N) is 2. The second-order valence-electron chi connectivity index (χ2n) is 8.80. The van der Waals surface area contributed by atoms with Crippen molar-refractivity contribution in [3.63, 3.8) is 0 Å². The average molecular weight is 542 g/mol. The van der Waals surface area contributed by atoms with E-state index in [0.717, 1.165) is 15.4 Å². The van der Waals surface area contributed by atoms with Crippen LogP contribution in [-0.4, -0.2) is 44.8 Å². The number of hydrogen-bond donors (Lipinski definition) is 1. The van der Waals surface area contributed by atoms with Gasteiger partial charge in [0.05, 0.1) is 10.6 Å². The Morgan fingerprint density at radius 2 is 1.62 bits per heavy atom. The largest absolute Gasteiger partial charge is 0.357 e. The molecule has 0 saturated heterocycles. The molecule has 0 aliphatic rings. The van der Waals surface area contributed by atoms with Gasteiger partial charge in [-0.25, -0.2) is 8.42 Å². The standard InChI is InChI=1S/C28H32ClN3O4S/c1-5-25(28(34)30-4)31(18-22-9-7-6-8-10-22)27(33)19-32(26-17-23(29)14-13-21(26)3)37(35,36)24-15-11-20(2)12-16-24/h6-17,25H,5,18-19H2,1-4H3,(H,30,34)/t25-/m0/s1. The Kier molecular flexibility index (Phi) is 9.34. The van der Waals surface area contributed by atoms with E-state index in [0.29, 0.717) is 22.7 Å². The van der Waals surface area contributed by atoms with Crippen molar-refractivity contribution in [3.05, 3.63) is 94.5 Å². The number of likely N-dealkylation sites (N-methyl/N-ethyl adjacent to an activating group) is 1. The van der Waals surface area contributed by atoms with E-state index in [4.69, 9.17) is 11.6 Å². The molecule has 196 valence electrons. The minimum absolute atomic E-state index is 0.0539. The lowest BCUT2D eigenvalue weighted by Crippen LogP contribution is -2.51. The van der Waals surface area contributed by atoms with E-state index in [2.05, 4.69) is 5.32 Å². The molecule has 37 heavy (non-hydrogen) atoms. The molecule has 0 fully saturated rings. The monoisotopic (exact) mass is 541 g/mol. The first-order chi connectivity index (χ1) is 17.6. The molecule has 0 heterocycles. The molecular formula is C28H32ClN3O4S. The molecule has 3 rings (SSSR count). The van der Waals surface area contributed by atoms with Crippen LogP contribution >= 0.6 is 11.6 Å². The first-order valence-electron chi connectivity index (χ1n) is 12.0. The fourth-order valence-corrected chi connectivity index (χ4v) is 5.71. The molecule has 0 bridgehead atoms. The molecule has 0 radical (unpaired) electrons. The number of hydrogen-bond acceptors (Lipinski definition) is 4. The maximum absolute atomic E-state index is 13.9. The number of amides is 2. The molecule has 0 saturated carbocycles. The predicted octanol–water partition coefficient (Wildman–Crippen LogP) is 4.71. The number of anilines is 1. The molecule has 0 aliphatic carbocycles. The lowest BCUT2D eigenvalue weighted by Gasteiger charge is -2.33. The molecule has 3 aromatic carbocycles. The van der Waals surface area contributed by atoms with Crippen LogP contribution in [0.15, 0.2) is 77.7 Å². The van der Waals surface area contributed by atoms with Gasteiger partial charge < -0.3 is 10.2 Å². The van der Waals surface area contributed by atoms with E-state index in [1.54, 1.807) is 31.2 Å². The summed E-state index contributed by atoms with van der Waals surface area (Å²) in [5.74, 6) is -0.826. The first kappa shape index (κ1) is 28.2. The van der Waals surface area contributed by atoms with Gasteiger partial charge in [0, 0.05) is 18.6 Å². The lowest BCUT2D eigenvalue weighted by atomic mass is 10.1. The molecule has 7 nitrogen and oxygen atoms in total. The second kappa shape index (κ2) is 12.3. The van der Waals surface area contributed by atoms with Gasteiger partial charge in [0.1, 0.15) is 12.6 Å². The van der Waals surface area contributed by atoms with E-state index in [1.165, 1.54) is 30.1 Å². The Morgan fingerprint density at radius 1 is 0.973 bits per heavy atom. The smallest absolute Gasteiger partial charge is 0.264 e. The van der Waals surface area contributed by atoms with Gasteiger partial charge in [-0.05, 0) is 55.7 Å². The molecule has 2 amide bonds. The highest BCUT2D eigenvalue weighted by atomic mass is 35.5. The molecule has 0 aromatic heterocycles. The topological polar surface area (TPSA) is 86.8 Å². The summed E-state index contributed by atoms with van der Waals surface area (Å²) in [4.78, 5) is 28.1. The van der Waals surface area contributed by atoms with Crippen LogP contribution in [0.3, 0.4) is 0 Å². The quantitative estimate of drug-likeness (QED) is 0.403. The van der Waals surface area contributed by atoms with Crippen molar-refractivity contribution < 1.29 is 18.0 Å². The summed E-state index contributed by atoms with van der Waals surface area (Å²) in [6.45, 7) is 5.09. The first-order valence-corrected chi connectivity index (χ1v) is 13.8. The van der Waals surface area contributed by atoms with Gasteiger partial charge in [-0.2, -0.15) is 0 Å². The number of sulfonamides is 1. The van der Waals surface area contributed by atoms with Gasteiger partial charge in [0.2, 0.25) is 11.8 Å². The van der Waals surface area contributed by atoms with Crippen molar-refractivity contribution in [2.75, 3.05) is 17.9 Å². The normalized spacial score (nSPS) is 12.0. The fourth-order valence-electron chi connectivity index (χ4n) is 4.07. The summed E-state index contributed by atoms with van der Waals surface area (Å²) in [5.41, 5.74) is 2.67. The third-order valence-electron chi connectivity index (χ3n) is 6.16. The summed E-state index contributed by atoms with van der Waals surface area (Å²) in [6, 6.07) is 19.9. The summed E-state index contributed by atoms with van der Waals surface area (Å²) in [5, 5.41) is 2.96. The van der Waals surface area contributed by atoms with E-state index >= 15 is 0 Å². The number of rotatable bonds is 10. The van der Waals surface area contributed by atoms with Gasteiger partial charge in [0.15, 0.2) is 0 Å². The van der Waals surface area contributed by atoms with Crippen molar-refractivity contribution in [2.24, 2.45) is 0 Å². The minimum atomic E-state index is -4.14. The van der Waals surface area contributed by atoms with Gasteiger partial charge >= 0.3 is 0 Å². The van der Waals surface area contributed by atoms with Gasteiger partial charge in [0.25, 0.3) is 10.0 Å². The molecule has 3 aromatic rings. The number of carbonyl (C=O) groups excluding carboxylic acids is 2. The van der Waals surface area contributed by atoms with Gasteiger partial charge in [-0.15, -0.1) is 0 Å². The number of carbonyl (C=O) groups is 2. The molecule has 9 heteroatoms. The highest BCUT2D eigenvalue weighted by Gasteiger charge is 2.34. The minimum Gasteiger partial charge on any atom is -0.357 e. The van der Waals surface area contributed by atoms with Crippen LogP contribution in [-0.2, 0) is 26.2 Å². The average Bonchev–Trinajstić information content (AvgIpc) is 2.89. The Morgan fingerprint density at radius 3 is 2.22 bits per heavy atom. The SMILES string of the molecule is CC[C@@H](C(=O)NC)N(Cc1ccccc1)C(=O)CN(c1cc(Cl)ccc1C)S(=O)(=O)c1ccc(C)cc1. The van der Waals surface area contributed by atoms with Crippen molar-refractivity contribution in [1.82, 2.24) is 10.2 Å². The zero-order valence-electron chi connectivity index (χ0n) is 21.4. The predicted molar refractivity (Wildman–Crippen MR) is 147 cm³/mol.